The summed E-state index contributed by atoms with van der Waals surface area (Å²) in [4.78, 5) is 15.5. The Morgan fingerprint density at radius 3 is 2.52 bits per heavy atom. The molecule has 14 heteroatoms. The Morgan fingerprint density at radius 2 is 1.91 bits per heavy atom. The summed E-state index contributed by atoms with van der Waals surface area (Å²) in [6.07, 6.45) is -0.434. The molecule has 0 unspecified atom stereocenters. The summed E-state index contributed by atoms with van der Waals surface area (Å²) < 4.78 is 65.2. The van der Waals surface area contributed by atoms with Crippen LogP contribution in [0.3, 0.4) is 0 Å². The fraction of sp³-hybridized carbons (Fsp3) is 0.211. The van der Waals surface area contributed by atoms with Crippen molar-refractivity contribution in [3.63, 3.8) is 0 Å². The van der Waals surface area contributed by atoms with Gasteiger partial charge in [0.2, 0.25) is 16.0 Å². The summed E-state index contributed by atoms with van der Waals surface area (Å²) in [6.45, 7) is -0.193. The molecule has 3 aromatic heterocycles. The second-order valence-corrected chi connectivity index (χ2v) is 8.71. The standard InChI is InChI=1S/C19H17F3N8O2S/c1-30(33(2,31)32)17-12(4-3-7-24-17)9-26-16-15(19(20,21)22)11-27-18(29-16)28-14-6-5-13(8-23)25-10-14/h3-7,10-11H,9H2,1-2H3,(H2,26,27,28,29). The molecule has 0 aliphatic heterocycles. The minimum atomic E-state index is -4.74. The van der Waals surface area contributed by atoms with Crippen molar-refractivity contribution in [1.29, 1.82) is 5.26 Å². The molecule has 0 atom stereocenters. The molecular formula is C19H17F3N8O2S. The molecule has 172 valence electrons. The number of sulfonamides is 1. The lowest BCUT2D eigenvalue weighted by atomic mass is 10.2. The zero-order valence-corrected chi connectivity index (χ0v) is 18.1. The Morgan fingerprint density at radius 1 is 1.15 bits per heavy atom. The molecule has 33 heavy (non-hydrogen) atoms. The van der Waals surface area contributed by atoms with E-state index in [1.807, 2.05) is 6.07 Å². The zero-order chi connectivity index (χ0) is 24.2. The molecular weight excluding hydrogens is 461 g/mol. The van der Waals surface area contributed by atoms with Gasteiger partial charge < -0.3 is 10.6 Å². The third-order valence-electron chi connectivity index (χ3n) is 4.34. The third-order valence-corrected chi connectivity index (χ3v) is 5.51. The summed E-state index contributed by atoms with van der Waals surface area (Å²) >= 11 is 0. The maximum absolute atomic E-state index is 13.5. The highest BCUT2D eigenvalue weighted by Gasteiger charge is 2.35. The molecule has 0 fully saturated rings. The SMILES string of the molecule is CN(c1ncccc1CNc1nc(Nc2ccc(C#N)nc2)ncc1C(F)(F)F)S(C)(=O)=O. The van der Waals surface area contributed by atoms with Crippen molar-refractivity contribution in [3.05, 3.63) is 59.7 Å². The molecule has 0 saturated carbocycles. The largest absolute Gasteiger partial charge is 0.421 e. The lowest BCUT2D eigenvalue weighted by Crippen LogP contribution is -2.27. The molecule has 3 heterocycles. The highest BCUT2D eigenvalue weighted by molar-refractivity contribution is 7.92. The van der Waals surface area contributed by atoms with E-state index in [0.717, 1.165) is 10.6 Å². The van der Waals surface area contributed by atoms with E-state index >= 15 is 0 Å². The van der Waals surface area contributed by atoms with Crippen LogP contribution in [0.25, 0.3) is 0 Å². The van der Waals surface area contributed by atoms with Gasteiger partial charge in [0.05, 0.1) is 18.1 Å². The van der Waals surface area contributed by atoms with Crippen LogP contribution < -0.4 is 14.9 Å². The van der Waals surface area contributed by atoms with Gasteiger partial charge in [-0.15, -0.1) is 0 Å². The Kier molecular flexibility index (Phi) is 6.63. The van der Waals surface area contributed by atoms with Crippen LogP contribution in [-0.4, -0.2) is 41.7 Å². The lowest BCUT2D eigenvalue weighted by Gasteiger charge is -2.20. The number of nitrogens with one attached hydrogen (secondary N) is 2. The summed E-state index contributed by atoms with van der Waals surface area (Å²) in [5.74, 6) is -0.591. The summed E-state index contributed by atoms with van der Waals surface area (Å²) in [6, 6.07) is 7.85. The Labute approximate surface area is 187 Å². The molecule has 0 amide bonds. The molecule has 0 saturated heterocycles. The van der Waals surface area contributed by atoms with E-state index in [0.29, 0.717) is 17.4 Å². The van der Waals surface area contributed by atoms with E-state index in [2.05, 4.69) is 30.6 Å². The van der Waals surface area contributed by atoms with Gasteiger partial charge in [-0.1, -0.05) is 6.07 Å². The lowest BCUT2D eigenvalue weighted by molar-refractivity contribution is -0.137. The minimum absolute atomic E-state index is 0.0668. The first-order valence-electron chi connectivity index (χ1n) is 9.18. The van der Waals surface area contributed by atoms with E-state index in [9.17, 15) is 21.6 Å². The second-order valence-electron chi connectivity index (χ2n) is 6.69. The van der Waals surface area contributed by atoms with Crippen LogP contribution in [0, 0.1) is 11.3 Å². The predicted octanol–water partition coefficient (Wildman–Crippen LogP) is 2.91. The van der Waals surface area contributed by atoms with Gasteiger partial charge in [0.25, 0.3) is 0 Å². The predicted molar refractivity (Wildman–Crippen MR) is 114 cm³/mol. The molecule has 0 aliphatic carbocycles. The van der Waals surface area contributed by atoms with Crippen LogP contribution in [0.4, 0.5) is 36.4 Å². The Bertz CT molecular complexity index is 1290. The van der Waals surface area contributed by atoms with Crippen molar-refractivity contribution in [2.45, 2.75) is 12.7 Å². The van der Waals surface area contributed by atoms with E-state index in [-0.39, 0.29) is 24.0 Å². The maximum atomic E-state index is 13.5. The van der Waals surface area contributed by atoms with E-state index in [1.54, 1.807) is 0 Å². The molecule has 3 aromatic rings. The van der Waals surface area contributed by atoms with Crippen molar-refractivity contribution in [2.24, 2.45) is 0 Å². The highest BCUT2D eigenvalue weighted by atomic mass is 32.2. The normalized spacial score (nSPS) is 11.5. The van der Waals surface area contributed by atoms with Crippen molar-refractivity contribution in [2.75, 3.05) is 28.2 Å². The van der Waals surface area contributed by atoms with E-state index in [4.69, 9.17) is 5.26 Å². The van der Waals surface area contributed by atoms with Crippen LogP contribution >= 0.6 is 0 Å². The first-order chi connectivity index (χ1) is 15.5. The highest BCUT2D eigenvalue weighted by Crippen LogP contribution is 2.34. The molecule has 10 nitrogen and oxygen atoms in total. The summed E-state index contributed by atoms with van der Waals surface area (Å²) in [5, 5.41) is 14.1. The number of nitriles is 1. The number of aromatic nitrogens is 4. The smallest absolute Gasteiger partial charge is 0.365 e. The molecule has 0 bridgehead atoms. The quantitative estimate of drug-likeness (QED) is 0.525. The monoisotopic (exact) mass is 478 g/mol. The molecule has 0 spiro atoms. The van der Waals surface area contributed by atoms with Crippen LogP contribution in [0.2, 0.25) is 0 Å². The topological polar surface area (TPSA) is 137 Å². The van der Waals surface area contributed by atoms with Gasteiger partial charge in [-0.25, -0.2) is 23.4 Å². The molecule has 3 rings (SSSR count). The van der Waals surface area contributed by atoms with Gasteiger partial charge in [0, 0.05) is 31.5 Å². The third kappa shape index (κ3) is 5.83. The van der Waals surface area contributed by atoms with Crippen LogP contribution in [-0.2, 0) is 22.7 Å². The second kappa shape index (κ2) is 9.25. The van der Waals surface area contributed by atoms with Crippen molar-refractivity contribution in [1.82, 2.24) is 19.9 Å². The van der Waals surface area contributed by atoms with Crippen molar-refractivity contribution >= 4 is 33.3 Å². The first-order valence-corrected chi connectivity index (χ1v) is 11.0. The number of alkyl halides is 3. The van der Waals surface area contributed by atoms with Crippen LogP contribution in [0.5, 0.6) is 0 Å². The van der Waals surface area contributed by atoms with Gasteiger partial charge in [0.15, 0.2) is 0 Å². The van der Waals surface area contributed by atoms with E-state index in [1.165, 1.54) is 43.7 Å². The number of rotatable bonds is 7. The fourth-order valence-electron chi connectivity index (χ4n) is 2.64. The van der Waals surface area contributed by atoms with Gasteiger partial charge in [-0.05, 0) is 18.2 Å². The van der Waals surface area contributed by atoms with Gasteiger partial charge in [0.1, 0.15) is 29.0 Å². The maximum Gasteiger partial charge on any atom is 0.421 e. The number of hydrogen-bond acceptors (Lipinski definition) is 9. The average Bonchev–Trinajstić information content (AvgIpc) is 2.76. The average molecular weight is 478 g/mol. The molecule has 0 aromatic carbocycles. The number of pyridine rings is 2. The first kappa shape index (κ1) is 23.7. The van der Waals surface area contributed by atoms with Crippen molar-refractivity contribution in [3.8, 4) is 6.07 Å². The van der Waals surface area contributed by atoms with E-state index < -0.39 is 27.6 Å². The Balaban J connectivity index is 1.90. The fourth-order valence-corrected chi connectivity index (χ4v) is 3.11. The van der Waals surface area contributed by atoms with Crippen LogP contribution in [0.1, 0.15) is 16.8 Å². The number of hydrogen-bond donors (Lipinski definition) is 2. The van der Waals surface area contributed by atoms with Gasteiger partial charge in [-0.3, -0.25) is 4.31 Å². The number of nitrogens with zero attached hydrogens (tertiary/aromatic N) is 6. The zero-order valence-electron chi connectivity index (χ0n) is 17.3. The Hall–Kier alpha value is -3.99. The molecule has 2 N–H and O–H groups in total. The molecule has 0 radical (unpaired) electrons. The van der Waals surface area contributed by atoms with Crippen LogP contribution in [0.15, 0.2) is 42.9 Å². The summed E-state index contributed by atoms with van der Waals surface area (Å²) in [5.41, 5.74) is -0.234. The summed E-state index contributed by atoms with van der Waals surface area (Å²) in [7, 11) is -2.35. The van der Waals surface area contributed by atoms with Crippen molar-refractivity contribution < 1.29 is 21.6 Å². The van der Waals surface area contributed by atoms with Gasteiger partial charge in [-0.2, -0.15) is 23.4 Å². The minimum Gasteiger partial charge on any atom is -0.365 e. The molecule has 0 aliphatic rings. The van der Waals surface area contributed by atoms with Gasteiger partial charge >= 0.3 is 6.18 Å². The number of halogens is 3. The number of anilines is 4.